The van der Waals surface area contributed by atoms with Gasteiger partial charge in [0, 0.05) is 37.6 Å². The summed E-state index contributed by atoms with van der Waals surface area (Å²) in [5.74, 6) is 3.52. The fraction of sp³-hybridized carbons (Fsp3) is 0.857. The molecule has 0 aliphatic carbocycles. The Morgan fingerprint density at radius 3 is 2.69 bits per heavy atom. The topological polar surface area (TPSA) is 15.3 Å². The molecular weight excluding hydrogens is 196 g/mol. The molecule has 0 aromatic rings. The normalized spacial score (nSPS) is 29.0. The van der Waals surface area contributed by atoms with Crippen LogP contribution in [0.25, 0.3) is 0 Å². The van der Waals surface area contributed by atoms with Crippen LogP contribution in [0.15, 0.2) is 0 Å². The van der Waals surface area contributed by atoms with Crippen molar-refractivity contribution in [1.29, 1.82) is 0 Å². The van der Waals surface area contributed by atoms with Crippen LogP contribution in [0.3, 0.4) is 0 Å². The largest absolute Gasteiger partial charge is 0.311 e. The van der Waals surface area contributed by atoms with Crippen LogP contribution in [-0.4, -0.2) is 36.1 Å². The van der Waals surface area contributed by atoms with Gasteiger partial charge in [-0.15, -0.1) is 12.3 Å². The molecule has 1 N–H and O–H groups in total. The fourth-order valence-corrected chi connectivity index (χ4v) is 2.63. The SMILES string of the molecule is C#CCC(CC)N1CC(C)NCC1C(C)C. The van der Waals surface area contributed by atoms with Crippen LogP contribution >= 0.6 is 0 Å². The van der Waals surface area contributed by atoms with Gasteiger partial charge in [0.1, 0.15) is 0 Å². The molecule has 0 radical (unpaired) electrons. The molecule has 3 atom stereocenters. The first kappa shape index (κ1) is 13.5. The van der Waals surface area contributed by atoms with Gasteiger partial charge in [-0.3, -0.25) is 4.90 Å². The summed E-state index contributed by atoms with van der Waals surface area (Å²) >= 11 is 0. The Kier molecular flexibility index (Phi) is 5.31. The van der Waals surface area contributed by atoms with Gasteiger partial charge in [-0.1, -0.05) is 20.8 Å². The zero-order chi connectivity index (χ0) is 12.1. The van der Waals surface area contributed by atoms with Crippen molar-refractivity contribution in [2.24, 2.45) is 5.92 Å². The third kappa shape index (κ3) is 3.23. The molecule has 0 aromatic heterocycles. The Labute approximate surface area is 101 Å². The maximum Gasteiger partial charge on any atom is 0.0247 e. The van der Waals surface area contributed by atoms with Crippen LogP contribution in [0, 0.1) is 18.3 Å². The smallest absolute Gasteiger partial charge is 0.0247 e. The van der Waals surface area contributed by atoms with Gasteiger partial charge in [0.2, 0.25) is 0 Å². The number of rotatable bonds is 4. The second kappa shape index (κ2) is 6.27. The molecule has 3 unspecified atom stereocenters. The highest BCUT2D eigenvalue weighted by Gasteiger charge is 2.31. The molecule has 0 bridgehead atoms. The van der Waals surface area contributed by atoms with Gasteiger partial charge in [-0.05, 0) is 19.3 Å². The van der Waals surface area contributed by atoms with Crippen molar-refractivity contribution in [3.63, 3.8) is 0 Å². The Balaban J connectivity index is 2.73. The number of terminal acetylenes is 1. The molecule has 2 heteroatoms. The first-order chi connectivity index (χ1) is 7.60. The quantitative estimate of drug-likeness (QED) is 0.733. The van der Waals surface area contributed by atoms with Gasteiger partial charge in [0.25, 0.3) is 0 Å². The zero-order valence-corrected chi connectivity index (χ0v) is 11.2. The molecule has 1 aliphatic rings. The van der Waals surface area contributed by atoms with E-state index in [2.05, 4.69) is 43.8 Å². The molecule has 0 spiro atoms. The van der Waals surface area contributed by atoms with Crippen molar-refractivity contribution >= 4 is 0 Å². The van der Waals surface area contributed by atoms with Gasteiger partial charge in [-0.2, -0.15) is 0 Å². The van der Waals surface area contributed by atoms with Crippen LogP contribution < -0.4 is 5.32 Å². The molecule has 16 heavy (non-hydrogen) atoms. The molecule has 1 rings (SSSR count). The van der Waals surface area contributed by atoms with Crippen molar-refractivity contribution < 1.29 is 0 Å². The minimum atomic E-state index is 0.557. The molecule has 0 aromatic carbocycles. The van der Waals surface area contributed by atoms with Crippen molar-refractivity contribution in [2.45, 2.75) is 58.7 Å². The highest BCUT2D eigenvalue weighted by atomic mass is 15.3. The van der Waals surface area contributed by atoms with Gasteiger partial charge in [-0.25, -0.2) is 0 Å². The van der Waals surface area contributed by atoms with E-state index >= 15 is 0 Å². The molecule has 92 valence electrons. The molecular formula is C14H26N2. The summed E-state index contributed by atoms with van der Waals surface area (Å²) in [4.78, 5) is 2.63. The van der Waals surface area contributed by atoms with E-state index in [-0.39, 0.29) is 0 Å². The Morgan fingerprint density at radius 1 is 1.50 bits per heavy atom. The van der Waals surface area contributed by atoms with Crippen LogP contribution in [0.1, 0.15) is 40.5 Å². The Morgan fingerprint density at radius 2 is 2.19 bits per heavy atom. The monoisotopic (exact) mass is 222 g/mol. The molecule has 1 heterocycles. The average molecular weight is 222 g/mol. The number of nitrogens with one attached hydrogen (secondary N) is 1. The lowest BCUT2D eigenvalue weighted by Gasteiger charge is -2.45. The third-order valence-electron chi connectivity index (χ3n) is 3.65. The lowest BCUT2D eigenvalue weighted by molar-refractivity contribution is 0.0589. The minimum absolute atomic E-state index is 0.557. The van der Waals surface area contributed by atoms with E-state index in [0.717, 1.165) is 25.9 Å². The third-order valence-corrected chi connectivity index (χ3v) is 3.65. The second-order valence-electron chi connectivity index (χ2n) is 5.29. The molecule has 1 saturated heterocycles. The number of hydrogen-bond donors (Lipinski definition) is 1. The number of hydrogen-bond acceptors (Lipinski definition) is 2. The average Bonchev–Trinajstić information content (AvgIpc) is 2.25. The number of nitrogens with zero attached hydrogens (tertiary/aromatic N) is 1. The first-order valence-corrected chi connectivity index (χ1v) is 6.52. The van der Waals surface area contributed by atoms with Crippen LogP contribution in [-0.2, 0) is 0 Å². The van der Waals surface area contributed by atoms with Gasteiger partial charge in [0.15, 0.2) is 0 Å². The van der Waals surface area contributed by atoms with Crippen LogP contribution in [0.5, 0.6) is 0 Å². The molecule has 1 fully saturated rings. The lowest BCUT2D eigenvalue weighted by Crippen LogP contribution is -2.60. The standard InChI is InChI=1S/C14H26N2/c1-6-8-13(7-2)16-10-12(5)15-9-14(16)11(3)4/h1,11-15H,7-10H2,2-5H3. The van der Waals surface area contributed by atoms with E-state index in [4.69, 9.17) is 6.42 Å². The van der Waals surface area contributed by atoms with E-state index < -0.39 is 0 Å². The summed E-state index contributed by atoms with van der Waals surface area (Å²) in [6.45, 7) is 11.3. The first-order valence-electron chi connectivity index (χ1n) is 6.52. The van der Waals surface area contributed by atoms with Crippen molar-refractivity contribution in [2.75, 3.05) is 13.1 Å². The van der Waals surface area contributed by atoms with Gasteiger partial charge < -0.3 is 5.32 Å². The van der Waals surface area contributed by atoms with E-state index in [9.17, 15) is 0 Å². The zero-order valence-electron chi connectivity index (χ0n) is 11.2. The molecule has 0 amide bonds. The minimum Gasteiger partial charge on any atom is -0.311 e. The van der Waals surface area contributed by atoms with Gasteiger partial charge in [0.05, 0.1) is 0 Å². The highest BCUT2D eigenvalue weighted by molar-refractivity contribution is 4.95. The van der Waals surface area contributed by atoms with Crippen molar-refractivity contribution in [1.82, 2.24) is 10.2 Å². The lowest BCUT2D eigenvalue weighted by atomic mass is 9.95. The maximum atomic E-state index is 5.48. The molecule has 2 nitrogen and oxygen atoms in total. The molecule has 1 aliphatic heterocycles. The summed E-state index contributed by atoms with van der Waals surface area (Å²) in [6, 6.07) is 1.78. The van der Waals surface area contributed by atoms with Crippen LogP contribution in [0.4, 0.5) is 0 Å². The Hall–Kier alpha value is -0.520. The summed E-state index contributed by atoms with van der Waals surface area (Å²) in [6.07, 6.45) is 7.51. The Bertz CT molecular complexity index is 242. The maximum absolute atomic E-state index is 5.48. The highest BCUT2D eigenvalue weighted by Crippen LogP contribution is 2.21. The predicted molar refractivity (Wildman–Crippen MR) is 70.3 cm³/mol. The van der Waals surface area contributed by atoms with Crippen LogP contribution in [0.2, 0.25) is 0 Å². The van der Waals surface area contributed by atoms with Gasteiger partial charge >= 0.3 is 0 Å². The molecule has 0 saturated carbocycles. The summed E-state index contributed by atoms with van der Waals surface area (Å²) in [5, 5.41) is 3.57. The predicted octanol–water partition coefficient (Wildman–Crippen LogP) is 2.11. The van der Waals surface area contributed by atoms with Crippen molar-refractivity contribution in [3.05, 3.63) is 0 Å². The fourth-order valence-electron chi connectivity index (χ4n) is 2.63. The van der Waals surface area contributed by atoms with E-state index in [0.29, 0.717) is 24.0 Å². The van der Waals surface area contributed by atoms with E-state index in [1.807, 2.05) is 0 Å². The van der Waals surface area contributed by atoms with E-state index in [1.165, 1.54) is 0 Å². The summed E-state index contributed by atoms with van der Waals surface area (Å²) in [5.41, 5.74) is 0. The second-order valence-corrected chi connectivity index (χ2v) is 5.29. The van der Waals surface area contributed by atoms with Crippen molar-refractivity contribution in [3.8, 4) is 12.3 Å². The van der Waals surface area contributed by atoms with E-state index in [1.54, 1.807) is 0 Å². The summed E-state index contributed by atoms with van der Waals surface area (Å²) < 4.78 is 0. The number of piperazine rings is 1. The summed E-state index contributed by atoms with van der Waals surface area (Å²) in [7, 11) is 0.